The fourth-order valence-electron chi connectivity index (χ4n) is 3.42. The van der Waals surface area contributed by atoms with Crippen molar-refractivity contribution in [1.82, 2.24) is 20.3 Å². The SMILES string of the molecule is O=C(Cn1cc(C(=O)O)nn1)NC1(c2ccc(F)cc2F)CCCCC1. The molecular weight excluding hydrogens is 346 g/mol. The average Bonchev–Trinajstić information content (AvgIpc) is 3.04. The highest BCUT2D eigenvalue weighted by molar-refractivity contribution is 5.84. The van der Waals surface area contributed by atoms with Crippen LogP contribution in [-0.4, -0.2) is 32.0 Å². The Bertz CT molecular complexity index is 831. The molecule has 138 valence electrons. The van der Waals surface area contributed by atoms with Crippen molar-refractivity contribution in [3.05, 3.63) is 47.3 Å². The van der Waals surface area contributed by atoms with E-state index >= 15 is 0 Å². The van der Waals surface area contributed by atoms with Gasteiger partial charge in [0.1, 0.15) is 18.2 Å². The zero-order chi connectivity index (χ0) is 18.7. The standard InChI is InChI=1S/C17H18F2N4O3/c18-11-4-5-12(13(19)8-11)17(6-2-1-3-7-17)20-15(24)10-23-9-14(16(25)26)21-22-23/h4-5,8-9H,1-3,6-7,10H2,(H,20,24)(H,25,26). The van der Waals surface area contributed by atoms with Gasteiger partial charge in [0, 0.05) is 11.6 Å². The molecule has 0 bridgehead atoms. The van der Waals surface area contributed by atoms with E-state index in [2.05, 4.69) is 15.6 Å². The van der Waals surface area contributed by atoms with Crippen molar-refractivity contribution in [2.24, 2.45) is 0 Å². The van der Waals surface area contributed by atoms with Crippen LogP contribution < -0.4 is 5.32 Å². The maximum atomic E-state index is 14.4. The molecule has 1 fully saturated rings. The second-order valence-electron chi connectivity index (χ2n) is 6.42. The Kier molecular flexibility index (Phi) is 4.97. The van der Waals surface area contributed by atoms with Crippen molar-refractivity contribution in [2.75, 3.05) is 0 Å². The molecule has 2 aromatic rings. The summed E-state index contributed by atoms with van der Waals surface area (Å²) in [6.07, 6.45) is 4.82. The number of carboxylic acids is 1. The van der Waals surface area contributed by atoms with Gasteiger partial charge in [0.25, 0.3) is 0 Å². The lowest BCUT2D eigenvalue weighted by Gasteiger charge is -2.39. The number of amides is 1. The van der Waals surface area contributed by atoms with Crippen molar-refractivity contribution in [3.63, 3.8) is 0 Å². The van der Waals surface area contributed by atoms with Gasteiger partial charge in [-0.1, -0.05) is 30.5 Å². The van der Waals surface area contributed by atoms with Crippen LogP contribution in [0.1, 0.15) is 48.2 Å². The number of aromatic carboxylic acids is 1. The Labute approximate surface area is 148 Å². The molecule has 0 atom stereocenters. The van der Waals surface area contributed by atoms with Crippen molar-refractivity contribution in [2.45, 2.75) is 44.2 Å². The molecule has 0 spiro atoms. The van der Waals surface area contributed by atoms with Crippen molar-refractivity contribution in [1.29, 1.82) is 0 Å². The normalized spacial score (nSPS) is 16.2. The van der Waals surface area contributed by atoms with Crippen molar-refractivity contribution >= 4 is 11.9 Å². The molecule has 3 rings (SSSR count). The van der Waals surface area contributed by atoms with Crippen LogP contribution in [-0.2, 0) is 16.9 Å². The summed E-state index contributed by atoms with van der Waals surface area (Å²) >= 11 is 0. The molecule has 1 amide bonds. The van der Waals surface area contributed by atoms with Crippen molar-refractivity contribution in [3.8, 4) is 0 Å². The summed E-state index contributed by atoms with van der Waals surface area (Å²) in [7, 11) is 0. The molecule has 1 saturated carbocycles. The van der Waals surface area contributed by atoms with E-state index in [4.69, 9.17) is 5.11 Å². The summed E-state index contributed by atoms with van der Waals surface area (Å²) in [5.74, 6) is -3.06. The number of carboxylic acid groups (broad SMARTS) is 1. The molecule has 2 N–H and O–H groups in total. The number of aromatic nitrogens is 3. The van der Waals surface area contributed by atoms with Crippen LogP contribution in [0, 0.1) is 11.6 Å². The number of hydrogen-bond donors (Lipinski definition) is 2. The predicted molar refractivity (Wildman–Crippen MR) is 86.2 cm³/mol. The minimum Gasteiger partial charge on any atom is -0.476 e. The van der Waals surface area contributed by atoms with Gasteiger partial charge < -0.3 is 10.4 Å². The Morgan fingerprint density at radius 3 is 2.58 bits per heavy atom. The van der Waals surface area contributed by atoms with Crippen molar-refractivity contribution < 1.29 is 23.5 Å². The Morgan fingerprint density at radius 2 is 1.96 bits per heavy atom. The van der Waals surface area contributed by atoms with Crippen LogP contribution in [0.15, 0.2) is 24.4 Å². The molecule has 1 aliphatic carbocycles. The van der Waals surface area contributed by atoms with E-state index in [0.29, 0.717) is 12.8 Å². The smallest absolute Gasteiger partial charge is 0.358 e. The summed E-state index contributed by atoms with van der Waals surface area (Å²) in [5, 5.41) is 18.7. The van der Waals surface area contributed by atoms with Crippen LogP contribution in [0.5, 0.6) is 0 Å². The number of rotatable bonds is 5. The highest BCUT2D eigenvalue weighted by atomic mass is 19.1. The number of halogens is 2. The van der Waals surface area contributed by atoms with Gasteiger partial charge in [-0.15, -0.1) is 5.10 Å². The molecule has 1 heterocycles. The second-order valence-corrected chi connectivity index (χ2v) is 6.42. The molecular formula is C17H18F2N4O3. The first-order valence-corrected chi connectivity index (χ1v) is 8.30. The van der Waals surface area contributed by atoms with E-state index in [1.54, 1.807) is 0 Å². The third-order valence-electron chi connectivity index (χ3n) is 4.60. The molecule has 26 heavy (non-hydrogen) atoms. The Morgan fingerprint density at radius 1 is 1.23 bits per heavy atom. The van der Waals surface area contributed by atoms with E-state index in [1.807, 2.05) is 0 Å². The molecule has 7 nitrogen and oxygen atoms in total. The van der Waals surface area contributed by atoms with E-state index in [-0.39, 0.29) is 17.8 Å². The number of carbonyl (C=O) groups is 2. The van der Waals surface area contributed by atoms with Gasteiger partial charge in [-0.25, -0.2) is 18.3 Å². The van der Waals surface area contributed by atoms with E-state index in [0.717, 1.165) is 36.2 Å². The fraction of sp³-hybridized carbons (Fsp3) is 0.412. The number of hydrogen-bond acceptors (Lipinski definition) is 4. The Hall–Kier alpha value is -2.84. The summed E-state index contributed by atoms with van der Waals surface area (Å²) in [4.78, 5) is 23.3. The molecule has 0 unspecified atom stereocenters. The van der Waals surface area contributed by atoms with Gasteiger partial charge in [0.2, 0.25) is 5.91 Å². The lowest BCUT2D eigenvalue weighted by molar-refractivity contribution is -0.124. The quantitative estimate of drug-likeness (QED) is 0.848. The number of nitrogens with one attached hydrogen (secondary N) is 1. The molecule has 0 aliphatic heterocycles. The van der Waals surface area contributed by atoms with Crippen LogP contribution in [0.2, 0.25) is 0 Å². The maximum absolute atomic E-state index is 14.4. The minimum atomic E-state index is -1.24. The fourth-order valence-corrected chi connectivity index (χ4v) is 3.42. The second kappa shape index (κ2) is 7.19. The van der Waals surface area contributed by atoms with E-state index in [9.17, 15) is 18.4 Å². The zero-order valence-electron chi connectivity index (χ0n) is 13.9. The highest BCUT2D eigenvalue weighted by Gasteiger charge is 2.37. The largest absolute Gasteiger partial charge is 0.476 e. The molecule has 0 radical (unpaired) electrons. The van der Waals surface area contributed by atoms with Crippen LogP contribution >= 0.6 is 0 Å². The molecule has 0 saturated heterocycles. The van der Waals surface area contributed by atoms with Gasteiger partial charge >= 0.3 is 5.97 Å². The highest BCUT2D eigenvalue weighted by Crippen LogP contribution is 2.38. The number of benzene rings is 1. The molecule has 1 aromatic heterocycles. The van der Waals surface area contributed by atoms with E-state index in [1.165, 1.54) is 12.1 Å². The lowest BCUT2D eigenvalue weighted by Crippen LogP contribution is -2.48. The van der Waals surface area contributed by atoms with Gasteiger partial charge in [-0.2, -0.15) is 0 Å². The number of carbonyl (C=O) groups excluding carboxylic acids is 1. The summed E-state index contributed by atoms with van der Waals surface area (Å²) < 4.78 is 28.7. The molecule has 1 aliphatic rings. The summed E-state index contributed by atoms with van der Waals surface area (Å²) in [5.41, 5.74) is -0.921. The van der Waals surface area contributed by atoms with Gasteiger partial charge in [-0.05, 0) is 18.9 Å². The first kappa shape index (κ1) is 18.0. The van der Waals surface area contributed by atoms with Gasteiger partial charge in [-0.3, -0.25) is 4.79 Å². The van der Waals surface area contributed by atoms with Crippen LogP contribution in [0.4, 0.5) is 8.78 Å². The first-order chi connectivity index (χ1) is 12.4. The maximum Gasteiger partial charge on any atom is 0.358 e. The lowest BCUT2D eigenvalue weighted by atomic mass is 9.76. The van der Waals surface area contributed by atoms with Gasteiger partial charge in [0.15, 0.2) is 5.69 Å². The van der Waals surface area contributed by atoms with Crippen LogP contribution in [0.3, 0.4) is 0 Å². The van der Waals surface area contributed by atoms with E-state index < -0.39 is 29.0 Å². The van der Waals surface area contributed by atoms with Gasteiger partial charge in [0.05, 0.1) is 11.7 Å². The van der Waals surface area contributed by atoms with Crippen LogP contribution in [0.25, 0.3) is 0 Å². The number of nitrogens with zero attached hydrogens (tertiary/aromatic N) is 3. The predicted octanol–water partition coefficient (Wildman–Crippen LogP) is 2.23. The summed E-state index contributed by atoms with van der Waals surface area (Å²) in [6, 6.07) is 3.36. The third kappa shape index (κ3) is 3.71. The minimum absolute atomic E-state index is 0.245. The summed E-state index contributed by atoms with van der Waals surface area (Å²) in [6.45, 7) is -0.245. The zero-order valence-corrected chi connectivity index (χ0v) is 13.9. The average molecular weight is 364 g/mol. The third-order valence-corrected chi connectivity index (χ3v) is 4.60. The first-order valence-electron chi connectivity index (χ1n) is 8.30. The molecule has 1 aromatic carbocycles. The monoisotopic (exact) mass is 364 g/mol. The topological polar surface area (TPSA) is 97.1 Å². The Balaban J connectivity index is 1.81. The molecule has 9 heteroatoms.